The summed E-state index contributed by atoms with van der Waals surface area (Å²) in [5.41, 5.74) is 0.271. The second-order valence-corrected chi connectivity index (χ2v) is 6.72. The highest BCUT2D eigenvalue weighted by molar-refractivity contribution is 9.10. The highest BCUT2D eigenvalue weighted by Gasteiger charge is 2.21. The quantitative estimate of drug-likeness (QED) is 0.799. The Morgan fingerprint density at radius 1 is 1.40 bits per heavy atom. The van der Waals surface area contributed by atoms with Crippen molar-refractivity contribution < 1.29 is 14.6 Å². The van der Waals surface area contributed by atoms with Crippen molar-refractivity contribution in [1.29, 1.82) is 0 Å². The van der Waals surface area contributed by atoms with Crippen molar-refractivity contribution in [2.45, 2.75) is 44.9 Å². The van der Waals surface area contributed by atoms with Gasteiger partial charge in [-0.05, 0) is 60.3 Å². The zero-order valence-electron chi connectivity index (χ0n) is 12.2. The number of hydrogen-bond acceptors (Lipinski definition) is 4. The molecule has 0 atom stereocenters. The molecule has 0 heterocycles. The second kappa shape index (κ2) is 6.33. The third-order valence-corrected chi connectivity index (χ3v) is 3.62. The van der Waals surface area contributed by atoms with E-state index in [2.05, 4.69) is 21.2 Å². The normalized spacial score (nSPS) is 15.2. The van der Waals surface area contributed by atoms with Crippen molar-refractivity contribution in [3.63, 3.8) is 0 Å². The molecule has 0 amide bonds. The number of rotatable bonds is 7. The molecule has 1 aliphatic carbocycles. The Morgan fingerprint density at radius 3 is 2.65 bits per heavy atom. The summed E-state index contributed by atoms with van der Waals surface area (Å²) in [4.78, 5) is 0. The molecule has 1 aromatic carbocycles. The molecule has 5 heteroatoms. The lowest BCUT2D eigenvalue weighted by Gasteiger charge is -2.20. The molecule has 1 saturated carbocycles. The number of benzene rings is 1. The Balaban J connectivity index is 2.09. The summed E-state index contributed by atoms with van der Waals surface area (Å²) in [6, 6.07) is 4.67. The molecule has 112 valence electrons. The van der Waals surface area contributed by atoms with Gasteiger partial charge in [-0.2, -0.15) is 0 Å². The van der Waals surface area contributed by atoms with Gasteiger partial charge >= 0.3 is 0 Å². The molecule has 20 heavy (non-hydrogen) atoms. The van der Waals surface area contributed by atoms with Gasteiger partial charge in [0.2, 0.25) is 0 Å². The number of halogens is 1. The fourth-order valence-electron chi connectivity index (χ4n) is 1.81. The largest absolute Gasteiger partial charge is 0.493 e. The number of aliphatic hydroxyl groups is 1. The third-order valence-electron chi connectivity index (χ3n) is 3.03. The van der Waals surface area contributed by atoms with Crippen LogP contribution in [0.5, 0.6) is 11.5 Å². The van der Waals surface area contributed by atoms with Crippen LogP contribution < -0.4 is 14.8 Å². The molecule has 0 bridgehead atoms. The topological polar surface area (TPSA) is 50.7 Å². The van der Waals surface area contributed by atoms with Gasteiger partial charge in [-0.15, -0.1) is 0 Å². The Labute approximate surface area is 128 Å². The van der Waals surface area contributed by atoms with Crippen molar-refractivity contribution in [3.05, 3.63) is 22.2 Å². The van der Waals surface area contributed by atoms with E-state index in [0.29, 0.717) is 17.5 Å². The zero-order valence-corrected chi connectivity index (χ0v) is 13.8. The van der Waals surface area contributed by atoms with E-state index in [9.17, 15) is 5.11 Å². The van der Waals surface area contributed by atoms with Gasteiger partial charge in [-0.3, -0.25) is 0 Å². The van der Waals surface area contributed by atoms with Crippen LogP contribution in [-0.4, -0.2) is 30.5 Å². The van der Waals surface area contributed by atoms with Gasteiger partial charge in [-0.1, -0.05) is 0 Å². The standard InChI is InChI=1S/C15H22BrNO3/c1-15(2,18)9-20-14-12(16)6-10(7-13(14)19-3)8-17-11-4-5-11/h6-7,11,17-18H,4-5,8-9H2,1-3H3. The van der Waals surface area contributed by atoms with Crippen LogP contribution in [0.2, 0.25) is 0 Å². The fraction of sp³-hybridized carbons (Fsp3) is 0.600. The third kappa shape index (κ3) is 4.65. The summed E-state index contributed by atoms with van der Waals surface area (Å²) in [6.45, 7) is 4.45. The first-order chi connectivity index (χ1) is 9.39. The predicted octanol–water partition coefficient (Wildman–Crippen LogP) is 2.86. The molecule has 0 saturated heterocycles. The summed E-state index contributed by atoms with van der Waals surface area (Å²) in [6.07, 6.45) is 2.54. The number of ether oxygens (including phenoxy) is 2. The average molecular weight is 344 g/mol. The van der Waals surface area contributed by atoms with Crippen molar-refractivity contribution in [3.8, 4) is 11.5 Å². The summed E-state index contributed by atoms with van der Waals surface area (Å²) >= 11 is 3.51. The van der Waals surface area contributed by atoms with Crippen LogP contribution in [0, 0.1) is 0 Å². The molecule has 0 aliphatic heterocycles. The molecule has 2 N–H and O–H groups in total. The van der Waals surface area contributed by atoms with E-state index in [1.165, 1.54) is 12.8 Å². The monoisotopic (exact) mass is 343 g/mol. The van der Waals surface area contributed by atoms with Crippen LogP contribution >= 0.6 is 15.9 Å². The minimum atomic E-state index is -0.878. The molecule has 4 nitrogen and oxygen atoms in total. The van der Waals surface area contributed by atoms with Gasteiger partial charge in [0, 0.05) is 12.6 Å². The van der Waals surface area contributed by atoms with Gasteiger partial charge in [0.25, 0.3) is 0 Å². The van der Waals surface area contributed by atoms with E-state index in [4.69, 9.17) is 9.47 Å². The van der Waals surface area contributed by atoms with Crippen LogP contribution in [0.3, 0.4) is 0 Å². The Bertz CT molecular complexity index is 467. The van der Waals surface area contributed by atoms with Gasteiger partial charge < -0.3 is 19.9 Å². The van der Waals surface area contributed by atoms with Crippen molar-refractivity contribution in [2.24, 2.45) is 0 Å². The van der Waals surface area contributed by atoms with Gasteiger partial charge in [0.15, 0.2) is 11.5 Å². The van der Waals surface area contributed by atoms with Gasteiger partial charge in [-0.25, -0.2) is 0 Å². The highest BCUT2D eigenvalue weighted by Crippen LogP contribution is 2.37. The maximum atomic E-state index is 9.75. The number of nitrogens with one attached hydrogen (secondary N) is 1. The lowest BCUT2D eigenvalue weighted by molar-refractivity contribution is 0.0273. The van der Waals surface area contributed by atoms with Crippen LogP contribution in [0.1, 0.15) is 32.3 Å². The minimum Gasteiger partial charge on any atom is -0.493 e. The Hall–Kier alpha value is -0.780. The predicted molar refractivity (Wildman–Crippen MR) is 82.3 cm³/mol. The SMILES string of the molecule is COc1cc(CNC2CC2)cc(Br)c1OCC(C)(C)O. The average Bonchev–Trinajstić information content (AvgIpc) is 3.17. The van der Waals surface area contributed by atoms with E-state index >= 15 is 0 Å². The van der Waals surface area contributed by atoms with Crippen LogP contribution in [0.4, 0.5) is 0 Å². The molecular formula is C15H22BrNO3. The molecule has 2 rings (SSSR count). The van der Waals surface area contributed by atoms with E-state index < -0.39 is 5.60 Å². The Kier molecular flexibility index (Phi) is 4.94. The second-order valence-electron chi connectivity index (χ2n) is 5.87. The van der Waals surface area contributed by atoms with Crippen LogP contribution in [-0.2, 0) is 6.54 Å². The molecule has 1 fully saturated rings. The molecule has 1 aromatic rings. The molecule has 0 radical (unpaired) electrons. The van der Waals surface area contributed by atoms with E-state index in [0.717, 1.165) is 16.6 Å². The van der Waals surface area contributed by atoms with Gasteiger partial charge in [0.05, 0.1) is 17.2 Å². The molecule has 0 unspecified atom stereocenters. The first-order valence-corrected chi connectivity index (χ1v) is 7.63. The molecular weight excluding hydrogens is 322 g/mol. The molecule has 1 aliphatic rings. The zero-order chi connectivity index (χ0) is 14.8. The van der Waals surface area contributed by atoms with E-state index in [-0.39, 0.29) is 6.61 Å². The first-order valence-electron chi connectivity index (χ1n) is 6.84. The summed E-state index contributed by atoms with van der Waals surface area (Å²) in [5, 5.41) is 13.2. The summed E-state index contributed by atoms with van der Waals surface area (Å²) in [7, 11) is 1.62. The number of hydrogen-bond donors (Lipinski definition) is 2. The molecule has 0 aromatic heterocycles. The fourth-order valence-corrected chi connectivity index (χ4v) is 2.42. The maximum absolute atomic E-state index is 9.75. The summed E-state index contributed by atoms with van der Waals surface area (Å²) < 4.78 is 11.9. The van der Waals surface area contributed by atoms with Crippen molar-refractivity contribution in [1.82, 2.24) is 5.32 Å². The van der Waals surface area contributed by atoms with Crippen LogP contribution in [0.25, 0.3) is 0 Å². The minimum absolute atomic E-state index is 0.210. The highest BCUT2D eigenvalue weighted by atomic mass is 79.9. The van der Waals surface area contributed by atoms with Crippen molar-refractivity contribution >= 4 is 15.9 Å². The lowest BCUT2D eigenvalue weighted by atomic mass is 10.1. The molecule has 0 spiro atoms. The first kappa shape index (κ1) is 15.6. The number of methoxy groups -OCH3 is 1. The lowest BCUT2D eigenvalue weighted by Crippen LogP contribution is -2.28. The Morgan fingerprint density at radius 2 is 2.10 bits per heavy atom. The summed E-state index contributed by atoms with van der Waals surface area (Å²) in [5.74, 6) is 1.31. The van der Waals surface area contributed by atoms with Crippen LogP contribution in [0.15, 0.2) is 16.6 Å². The van der Waals surface area contributed by atoms with E-state index in [1.807, 2.05) is 12.1 Å². The van der Waals surface area contributed by atoms with Gasteiger partial charge in [0.1, 0.15) is 6.61 Å². The van der Waals surface area contributed by atoms with E-state index in [1.54, 1.807) is 21.0 Å². The smallest absolute Gasteiger partial charge is 0.175 e. The maximum Gasteiger partial charge on any atom is 0.175 e. The van der Waals surface area contributed by atoms with Crippen molar-refractivity contribution in [2.75, 3.05) is 13.7 Å².